The summed E-state index contributed by atoms with van der Waals surface area (Å²) in [6.07, 6.45) is 5.67. The van der Waals surface area contributed by atoms with Crippen LogP contribution in [-0.2, 0) is 4.74 Å². The molecule has 2 unspecified atom stereocenters. The number of carbonyl (C=O) groups is 1. The summed E-state index contributed by atoms with van der Waals surface area (Å²) in [7, 11) is 0. The number of furan rings is 1. The summed E-state index contributed by atoms with van der Waals surface area (Å²) in [5.41, 5.74) is 0.695. The molecule has 0 radical (unpaired) electrons. The SMILES string of the molecule is CC1CCN(C(=O)c2ccc(OC3CCOCC3)cc2)C(c2ccco2)C1. The van der Waals surface area contributed by atoms with Crippen LogP contribution in [0, 0.1) is 5.92 Å². The Labute approximate surface area is 160 Å². The lowest BCUT2D eigenvalue weighted by atomic mass is 9.90. The maximum Gasteiger partial charge on any atom is 0.254 e. The van der Waals surface area contributed by atoms with Gasteiger partial charge in [-0.3, -0.25) is 4.79 Å². The zero-order chi connectivity index (χ0) is 18.6. The first-order valence-electron chi connectivity index (χ1n) is 9.89. The van der Waals surface area contributed by atoms with Crippen LogP contribution >= 0.6 is 0 Å². The Morgan fingerprint density at radius 3 is 2.59 bits per heavy atom. The minimum absolute atomic E-state index is 0.00872. The van der Waals surface area contributed by atoms with Crippen LogP contribution in [0.5, 0.6) is 5.75 Å². The predicted octanol–water partition coefficient (Wildman–Crippen LogP) is 4.45. The Morgan fingerprint density at radius 2 is 1.89 bits per heavy atom. The zero-order valence-electron chi connectivity index (χ0n) is 15.8. The zero-order valence-corrected chi connectivity index (χ0v) is 15.8. The lowest BCUT2D eigenvalue weighted by Crippen LogP contribution is -2.40. The standard InChI is InChI=1S/C22H27NO4/c1-16-8-11-23(20(15-16)21-3-2-12-26-21)22(24)17-4-6-18(7-5-17)27-19-9-13-25-14-10-19/h2-7,12,16,19-20H,8-11,13-15H2,1H3. The second kappa shape index (κ2) is 8.17. The second-order valence-corrected chi connectivity index (χ2v) is 7.61. The van der Waals surface area contributed by atoms with E-state index in [-0.39, 0.29) is 18.1 Å². The fraction of sp³-hybridized carbons (Fsp3) is 0.500. The van der Waals surface area contributed by atoms with E-state index in [1.165, 1.54) is 0 Å². The number of likely N-dealkylation sites (tertiary alicyclic amines) is 1. The van der Waals surface area contributed by atoms with E-state index < -0.39 is 0 Å². The molecule has 5 heteroatoms. The molecule has 4 rings (SSSR count). The molecule has 0 aliphatic carbocycles. The summed E-state index contributed by atoms with van der Waals surface area (Å²) in [6.45, 7) is 4.50. The molecule has 0 saturated carbocycles. The van der Waals surface area contributed by atoms with Gasteiger partial charge in [0.15, 0.2) is 0 Å². The summed E-state index contributed by atoms with van der Waals surface area (Å²) < 4.78 is 17.0. The number of nitrogens with zero attached hydrogens (tertiary/aromatic N) is 1. The van der Waals surface area contributed by atoms with Gasteiger partial charge in [0, 0.05) is 24.9 Å². The third kappa shape index (κ3) is 4.19. The average molecular weight is 369 g/mol. The molecule has 144 valence electrons. The van der Waals surface area contributed by atoms with Crippen LogP contribution in [0.15, 0.2) is 47.1 Å². The van der Waals surface area contributed by atoms with Crippen LogP contribution in [0.3, 0.4) is 0 Å². The molecular formula is C22H27NO4. The maximum atomic E-state index is 13.1. The van der Waals surface area contributed by atoms with Crippen molar-refractivity contribution in [1.29, 1.82) is 0 Å². The molecule has 2 atom stereocenters. The van der Waals surface area contributed by atoms with Gasteiger partial charge >= 0.3 is 0 Å². The van der Waals surface area contributed by atoms with Crippen molar-refractivity contribution in [3.8, 4) is 5.75 Å². The maximum absolute atomic E-state index is 13.1. The molecular weight excluding hydrogens is 342 g/mol. The third-order valence-corrected chi connectivity index (χ3v) is 5.57. The van der Waals surface area contributed by atoms with Crippen molar-refractivity contribution in [3.63, 3.8) is 0 Å². The number of ether oxygens (including phenoxy) is 2. The minimum atomic E-state index is 0.00872. The molecule has 2 fully saturated rings. The highest BCUT2D eigenvalue weighted by molar-refractivity contribution is 5.94. The van der Waals surface area contributed by atoms with Gasteiger partial charge in [-0.05, 0) is 55.2 Å². The van der Waals surface area contributed by atoms with E-state index in [1.54, 1.807) is 6.26 Å². The van der Waals surface area contributed by atoms with Crippen LogP contribution in [0.4, 0.5) is 0 Å². The molecule has 0 spiro atoms. The van der Waals surface area contributed by atoms with Gasteiger partial charge in [0.05, 0.1) is 25.5 Å². The monoisotopic (exact) mass is 369 g/mol. The van der Waals surface area contributed by atoms with Gasteiger partial charge in [0.25, 0.3) is 5.91 Å². The van der Waals surface area contributed by atoms with Crippen LogP contribution in [0.2, 0.25) is 0 Å². The number of piperidine rings is 1. The average Bonchev–Trinajstić information content (AvgIpc) is 3.24. The van der Waals surface area contributed by atoms with Gasteiger partial charge in [0.1, 0.15) is 17.6 Å². The van der Waals surface area contributed by atoms with Crippen LogP contribution < -0.4 is 4.74 Å². The first-order chi connectivity index (χ1) is 13.2. The number of hydrogen-bond donors (Lipinski definition) is 0. The third-order valence-electron chi connectivity index (χ3n) is 5.57. The summed E-state index contributed by atoms with van der Waals surface area (Å²) in [4.78, 5) is 15.1. The second-order valence-electron chi connectivity index (χ2n) is 7.61. The minimum Gasteiger partial charge on any atom is -0.490 e. The van der Waals surface area contributed by atoms with E-state index >= 15 is 0 Å². The van der Waals surface area contributed by atoms with E-state index in [0.29, 0.717) is 11.5 Å². The lowest BCUT2D eigenvalue weighted by Gasteiger charge is -2.37. The fourth-order valence-electron chi connectivity index (χ4n) is 3.96. The molecule has 1 aromatic heterocycles. The molecule has 27 heavy (non-hydrogen) atoms. The number of carbonyl (C=O) groups excluding carboxylic acids is 1. The number of hydrogen-bond acceptors (Lipinski definition) is 4. The van der Waals surface area contributed by atoms with Crippen molar-refractivity contribution in [1.82, 2.24) is 4.90 Å². The van der Waals surface area contributed by atoms with Crippen molar-refractivity contribution < 1.29 is 18.7 Å². The predicted molar refractivity (Wildman–Crippen MR) is 102 cm³/mol. The van der Waals surface area contributed by atoms with Gasteiger partial charge in [-0.1, -0.05) is 6.92 Å². The van der Waals surface area contributed by atoms with E-state index in [9.17, 15) is 4.79 Å². The summed E-state index contributed by atoms with van der Waals surface area (Å²) in [5, 5.41) is 0. The van der Waals surface area contributed by atoms with Crippen LogP contribution in [0.25, 0.3) is 0 Å². The van der Waals surface area contributed by atoms with Crippen molar-refractivity contribution in [2.24, 2.45) is 5.92 Å². The number of amides is 1. The molecule has 0 bridgehead atoms. The summed E-state index contributed by atoms with van der Waals surface area (Å²) in [6, 6.07) is 11.4. The first kappa shape index (κ1) is 18.1. The molecule has 1 aromatic carbocycles. The Morgan fingerprint density at radius 1 is 1.11 bits per heavy atom. The van der Waals surface area contributed by atoms with E-state index in [2.05, 4.69) is 6.92 Å². The normalized spacial score (nSPS) is 24.0. The number of benzene rings is 1. The largest absolute Gasteiger partial charge is 0.490 e. The highest BCUT2D eigenvalue weighted by Gasteiger charge is 2.33. The van der Waals surface area contributed by atoms with Crippen LogP contribution in [-0.4, -0.2) is 36.7 Å². The Kier molecular flexibility index (Phi) is 5.48. The molecule has 2 aliphatic rings. The van der Waals surface area contributed by atoms with Crippen molar-refractivity contribution >= 4 is 5.91 Å². The Bertz CT molecular complexity index is 734. The molecule has 3 heterocycles. The summed E-state index contributed by atoms with van der Waals surface area (Å²) >= 11 is 0. The highest BCUT2D eigenvalue weighted by Crippen LogP contribution is 2.35. The summed E-state index contributed by atoms with van der Waals surface area (Å²) in [5.74, 6) is 2.32. The van der Waals surface area contributed by atoms with Crippen molar-refractivity contribution in [2.75, 3.05) is 19.8 Å². The fourth-order valence-corrected chi connectivity index (χ4v) is 3.96. The van der Waals surface area contributed by atoms with Gasteiger partial charge in [0.2, 0.25) is 0 Å². The molecule has 5 nitrogen and oxygen atoms in total. The van der Waals surface area contributed by atoms with E-state index in [0.717, 1.165) is 57.0 Å². The molecule has 2 aliphatic heterocycles. The molecule has 2 saturated heterocycles. The van der Waals surface area contributed by atoms with Gasteiger partial charge in [-0.15, -0.1) is 0 Å². The van der Waals surface area contributed by atoms with Gasteiger partial charge in [-0.2, -0.15) is 0 Å². The quantitative estimate of drug-likeness (QED) is 0.799. The topological polar surface area (TPSA) is 51.9 Å². The van der Waals surface area contributed by atoms with Gasteiger partial charge in [-0.25, -0.2) is 0 Å². The Balaban J connectivity index is 1.46. The number of rotatable bonds is 4. The Hall–Kier alpha value is -2.27. The molecule has 1 amide bonds. The van der Waals surface area contributed by atoms with Crippen LogP contribution in [0.1, 0.15) is 54.8 Å². The lowest BCUT2D eigenvalue weighted by molar-refractivity contribution is 0.0255. The first-order valence-corrected chi connectivity index (χ1v) is 9.89. The molecule has 2 aromatic rings. The van der Waals surface area contributed by atoms with Crippen molar-refractivity contribution in [2.45, 2.75) is 44.8 Å². The smallest absolute Gasteiger partial charge is 0.254 e. The molecule has 0 N–H and O–H groups in total. The highest BCUT2D eigenvalue weighted by atomic mass is 16.5. The van der Waals surface area contributed by atoms with E-state index in [1.807, 2.05) is 41.3 Å². The van der Waals surface area contributed by atoms with E-state index in [4.69, 9.17) is 13.9 Å². The van der Waals surface area contributed by atoms with Gasteiger partial charge < -0.3 is 18.8 Å². The van der Waals surface area contributed by atoms with Crippen molar-refractivity contribution in [3.05, 3.63) is 54.0 Å².